The van der Waals surface area contributed by atoms with Crippen LogP contribution < -0.4 is 4.74 Å². The highest BCUT2D eigenvalue weighted by Gasteiger charge is 2.32. The number of carbonyl (C=O) groups excluding carboxylic acids is 1. The fraction of sp³-hybridized carbons (Fsp3) is 0.423. The second-order valence-corrected chi connectivity index (χ2v) is 11.3. The van der Waals surface area contributed by atoms with Crippen LogP contribution in [0.5, 0.6) is 5.75 Å². The van der Waals surface area contributed by atoms with Crippen LogP contribution in [-0.4, -0.2) is 67.9 Å². The third-order valence-electron chi connectivity index (χ3n) is 6.74. The molecule has 1 amide bonds. The number of rotatable bonds is 5. The molecule has 0 saturated carbocycles. The van der Waals surface area contributed by atoms with Gasteiger partial charge in [-0.15, -0.1) is 0 Å². The maximum absolute atomic E-state index is 12.9. The second-order valence-electron chi connectivity index (χ2n) is 9.36. The summed E-state index contributed by atoms with van der Waals surface area (Å²) in [7, 11) is -3.39. The monoisotopic (exact) mass is 495 g/mol. The molecule has 5 rings (SSSR count). The zero-order chi connectivity index (χ0) is 24.6. The number of hydrogen-bond donors (Lipinski definition) is 0. The Morgan fingerprint density at radius 3 is 2.66 bits per heavy atom. The molecule has 0 spiro atoms. The fourth-order valence-electron chi connectivity index (χ4n) is 4.97. The minimum atomic E-state index is -3.39. The van der Waals surface area contributed by atoms with Crippen molar-refractivity contribution in [3.8, 4) is 16.9 Å². The molecule has 0 N–H and O–H groups in total. The number of ether oxygens (including phenoxy) is 2. The highest BCUT2D eigenvalue weighted by Crippen LogP contribution is 2.32. The summed E-state index contributed by atoms with van der Waals surface area (Å²) in [4.78, 5) is 23.5. The molecule has 2 fully saturated rings. The Kier molecular flexibility index (Phi) is 6.46. The van der Waals surface area contributed by atoms with Gasteiger partial charge in [-0.2, -0.15) is 0 Å². The molecule has 184 valence electrons. The van der Waals surface area contributed by atoms with Gasteiger partial charge in [-0.3, -0.25) is 9.78 Å². The van der Waals surface area contributed by atoms with E-state index in [4.69, 9.17) is 9.47 Å². The number of fused-ring (bicyclic) bond motifs is 1. The molecular weight excluding hydrogens is 466 g/mol. The number of amides is 1. The average Bonchev–Trinajstić information content (AvgIpc) is 3.31. The summed E-state index contributed by atoms with van der Waals surface area (Å²) < 4.78 is 35.6. The van der Waals surface area contributed by atoms with Crippen molar-refractivity contribution in [2.75, 3.05) is 32.6 Å². The summed E-state index contributed by atoms with van der Waals surface area (Å²) in [6.45, 7) is 4.36. The minimum Gasteiger partial charge on any atom is -0.488 e. The number of sulfone groups is 1. The van der Waals surface area contributed by atoms with E-state index in [9.17, 15) is 13.2 Å². The van der Waals surface area contributed by atoms with Gasteiger partial charge in [0.25, 0.3) is 0 Å². The van der Waals surface area contributed by atoms with Gasteiger partial charge < -0.3 is 14.4 Å². The molecule has 8 nitrogen and oxygen atoms in total. The van der Waals surface area contributed by atoms with Crippen molar-refractivity contribution >= 4 is 26.6 Å². The highest BCUT2D eigenvalue weighted by molar-refractivity contribution is 7.90. The summed E-state index contributed by atoms with van der Waals surface area (Å²) >= 11 is 0. The van der Waals surface area contributed by atoms with Crippen molar-refractivity contribution in [2.24, 2.45) is 5.92 Å². The van der Waals surface area contributed by atoms with Crippen molar-refractivity contribution in [2.45, 2.75) is 37.3 Å². The van der Waals surface area contributed by atoms with Crippen LogP contribution in [0.4, 0.5) is 0 Å². The van der Waals surface area contributed by atoms with Crippen LogP contribution >= 0.6 is 0 Å². The van der Waals surface area contributed by atoms with Crippen molar-refractivity contribution < 1.29 is 22.7 Å². The van der Waals surface area contributed by atoms with Gasteiger partial charge in [0.1, 0.15) is 11.9 Å². The van der Waals surface area contributed by atoms with E-state index in [1.165, 1.54) is 0 Å². The van der Waals surface area contributed by atoms with Crippen molar-refractivity contribution in [3.63, 3.8) is 0 Å². The predicted molar refractivity (Wildman–Crippen MR) is 132 cm³/mol. The summed E-state index contributed by atoms with van der Waals surface area (Å²) in [5, 5.41) is 0.983. The highest BCUT2D eigenvalue weighted by atomic mass is 32.2. The quantitative estimate of drug-likeness (QED) is 0.535. The summed E-state index contributed by atoms with van der Waals surface area (Å²) in [5.74, 6) is 0.988. The largest absolute Gasteiger partial charge is 0.488 e. The third-order valence-corrected chi connectivity index (χ3v) is 7.87. The Labute approximate surface area is 205 Å². The van der Waals surface area contributed by atoms with E-state index in [1.54, 1.807) is 19.3 Å². The fourth-order valence-corrected chi connectivity index (χ4v) is 5.86. The topological polar surface area (TPSA) is 98.7 Å². The number of likely N-dealkylation sites (tertiary alicyclic amines) is 1. The number of benzene rings is 1. The van der Waals surface area contributed by atoms with Gasteiger partial charge in [0.15, 0.2) is 14.9 Å². The van der Waals surface area contributed by atoms with E-state index >= 15 is 0 Å². The number of nitrogens with zero attached hydrogens (tertiary/aromatic N) is 3. The van der Waals surface area contributed by atoms with Crippen LogP contribution in [-0.2, 0) is 19.4 Å². The van der Waals surface area contributed by atoms with Crippen molar-refractivity contribution in [1.82, 2.24) is 14.9 Å². The number of pyridine rings is 2. The van der Waals surface area contributed by atoms with Crippen LogP contribution in [0, 0.1) is 12.8 Å². The molecule has 3 aromatic rings. The molecule has 9 heteroatoms. The Balaban J connectivity index is 1.36. The lowest BCUT2D eigenvalue weighted by Crippen LogP contribution is -2.38. The van der Waals surface area contributed by atoms with Gasteiger partial charge in [-0.25, -0.2) is 13.4 Å². The van der Waals surface area contributed by atoms with Gasteiger partial charge >= 0.3 is 0 Å². The van der Waals surface area contributed by atoms with Crippen LogP contribution in [0.3, 0.4) is 0 Å². The Morgan fingerprint density at radius 1 is 1.11 bits per heavy atom. The first-order valence-electron chi connectivity index (χ1n) is 11.9. The first-order valence-corrected chi connectivity index (χ1v) is 13.8. The van der Waals surface area contributed by atoms with E-state index in [1.807, 2.05) is 35.2 Å². The SMILES string of the molecule is Cc1cc(-c2ccnc3ccc(O[C@H]4CCN(C(=O)C5CCOCC5)C4)cc23)cnc1S(C)(=O)=O. The molecule has 4 heterocycles. The Bertz CT molecular complexity index is 1370. The number of hydrogen-bond acceptors (Lipinski definition) is 7. The van der Waals surface area contributed by atoms with Gasteiger partial charge in [0.2, 0.25) is 5.91 Å². The lowest BCUT2D eigenvalue weighted by Gasteiger charge is -2.26. The van der Waals surface area contributed by atoms with Gasteiger partial charge in [0, 0.05) is 61.7 Å². The van der Waals surface area contributed by atoms with Crippen molar-refractivity contribution in [3.05, 3.63) is 48.3 Å². The smallest absolute Gasteiger partial charge is 0.225 e. The molecule has 2 aliphatic rings. The van der Waals surface area contributed by atoms with Gasteiger partial charge in [0.05, 0.1) is 12.1 Å². The van der Waals surface area contributed by atoms with E-state index < -0.39 is 9.84 Å². The predicted octanol–water partition coefficient (Wildman–Crippen LogP) is 3.42. The molecule has 0 bridgehead atoms. The van der Waals surface area contributed by atoms with Gasteiger partial charge in [-0.05, 0) is 61.2 Å². The normalized spacial score (nSPS) is 19.3. The summed E-state index contributed by atoms with van der Waals surface area (Å²) in [6, 6.07) is 9.51. The van der Waals surface area contributed by atoms with E-state index in [0.717, 1.165) is 53.3 Å². The third kappa shape index (κ3) is 5.01. The number of aryl methyl sites for hydroxylation is 1. The van der Waals surface area contributed by atoms with Crippen LogP contribution in [0.1, 0.15) is 24.8 Å². The summed E-state index contributed by atoms with van der Waals surface area (Å²) in [5.41, 5.74) is 3.12. The Hall–Kier alpha value is -3.04. The molecule has 1 aromatic carbocycles. The van der Waals surface area contributed by atoms with Gasteiger partial charge in [-0.1, -0.05) is 0 Å². The number of carbonyl (C=O) groups is 1. The minimum absolute atomic E-state index is 0.0583. The Morgan fingerprint density at radius 2 is 1.91 bits per heavy atom. The molecule has 0 unspecified atom stereocenters. The van der Waals surface area contributed by atoms with Crippen molar-refractivity contribution in [1.29, 1.82) is 0 Å². The van der Waals surface area contributed by atoms with Crippen LogP contribution in [0.15, 0.2) is 47.8 Å². The molecule has 1 atom stereocenters. The molecule has 0 radical (unpaired) electrons. The maximum atomic E-state index is 12.9. The maximum Gasteiger partial charge on any atom is 0.225 e. The van der Waals surface area contributed by atoms with E-state index in [2.05, 4.69) is 9.97 Å². The molecule has 35 heavy (non-hydrogen) atoms. The molecule has 0 aliphatic carbocycles. The number of aromatic nitrogens is 2. The van der Waals surface area contributed by atoms with E-state index in [-0.39, 0.29) is 23.0 Å². The lowest BCUT2D eigenvalue weighted by atomic mass is 9.99. The first kappa shape index (κ1) is 23.7. The second kappa shape index (κ2) is 9.54. The molecular formula is C26H29N3O5S. The average molecular weight is 496 g/mol. The standard InChI is InChI=1S/C26H29N3O5S/c1-17-13-19(15-28-25(17)35(2,31)32)22-5-9-27-24-4-3-20(14-23(22)24)34-21-6-10-29(16-21)26(30)18-7-11-33-12-8-18/h3-5,9,13-15,18,21H,6-8,10-12,16H2,1-2H3/t21-/m0/s1. The first-order chi connectivity index (χ1) is 16.8. The molecule has 2 saturated heterocycles. The zero-order valence-corrected chi connectivity index (χ0v) is 20.8. The van der Waals surface area contributed by atoms with E-state index in [0.29, 0.717) is 31.9 Å². The van der Waals surface area contributed by atoms with Crippen LogP contribution in [0.2, 0.25) is 0 Å². The van der Waals surface area contributed by atoms with Crippen LogP contribution in [0.25, 0.3) is 22.0 Å². The summed E-state index contributed by atoms with van der Waals surface area (Å²) in [6.07, 6.45) is 6.80. The lowest BCUT2D eigenvalue weighted by molar-refractivity contribution is -0.137. The zero-order valence-electron chi connectivity index (χ0n) is 19.9. The molecule has 2 aliphatic heterocycles. The molecule has 2 aromatic heterocycles.